The molecule has 7 nitrogen and oxygen atoms in total. The highest BCUT2D eigenvalue weighted by Crippen LogP contribution is 2.25. The summed E-state index contributed by atoms with van der Waals surface area (Å²) in [6, 6.07) is 35.0. The van der Waals surface area contributed by atoms with Gasteiger partial charge in [0.2, 0.25) is 0 Å². The van der Waals surface area contributed by atoms with Crippen molar-refractivity contribution in [2.45, 2.75) is 44.9 Å². The number of ether oxygens (including phenoxy) is 2. The van der Waals surface area contributed by atoms with Gasteiger partial charge in [-0.2, -0.15) is 0 Å². The van der Waals surface area contributed by atoms with Gasteiger partial charge in [0.15, 0.2) is 5.82 Å². The molecule has 1 atom stereocenters. The summed E-state index contributed by atoms with van der Waals surface area (Å²) in [7, 11) is 1.40. The highest BCUT2D eigenvalue weighted by Gasteiger charge is 2.11. The van der Waals surface area contributed by atoms with Gasteiger partial charge in [0.1, 0.15) is 5.75 Å². The van der Waals surface area contributed by atoms with E-state index >= 15 is 0 Å². The number of aromatic nitrogens is 4. The lowest BCUT2D eigenvalue weighted by molar-refractivity contribution is 0.0600. The highest BCUT2D eigenvalue weighted by molar-refractivity contribution is 5.89. The number of benzene rings is 4. The molecule has 0 saturated carbocycles. The summed E-state index contributed by atoms with van der Waals surface area (Å²) >= 11 is 0. The molecule has 5 aromatic rings. The fourth-order valence-corrected chi connectivity index (χ4v) is 5.35. The van der Waals surface area contributed by atoms with E-state index in [1.807, 2.05) is 42.5 Å². The fourth-order valence-electron chi connectivity index (χ4n) is 5.35. The van der Waals surface area contributed by atoms with Crippen LogP contribution in [0.15, 0.2) is 109 Å². The third-order valence-corrected chi connectivity index (χ3v) is 7.93. The SMILES string of the molecule is COC(=O)c1ccc(CCC(C=Cc2ccccc2OCCCCCc2ccccc2)Cc2ccc(-c3nnn[nH]3)cc2)cc1. The fraction of sp³-hybridized carbons (Fsp3) is 0.263. The molecule has 0 spiro atoms. The van der Waals surface area contributed by atoms with E-state index in [0.29, 0.717) is 18.0 Å². The standard InChI is InChI=1S/C38H40N4O3/c1-44-38(43)35-25-17-30(18-26-35)15-16-31(28-32-20-23-34(24-21-32)37-39-41-42-40-37)19-22-33-13-7-8-14-36(33)45-27-9-3-6-12-29-10-4-2-5-11-29/h2,4-5,7-8,10-11,13-14,17-26,31H,3,6,9,12,15-16,27-28H2,1H3,(H,39,40,41,42). The molecular weight excluding hydrogens is 560 g/mol. The number of H-pyrrole nitrogens is 1. The number of allylic oxidation sites excluding steroid dienone is 1. The Balaban J connectivity index is 1.21. The Labute approximate surface area is 265 Å². The lowest BCUT2D eigenvalue weighted by Crippen LogP contribution is -2.05. The van der Waals surface area contributed by atoms with Crippen LogP contribution in [0.5, 0.6) is 5.75 Å². The number of esters is 1. The minimum atomic E-state index is -0.319. The van der Waals surface area contributed by atoms with Crippen LogP contribution in [0.4, 0.5) is 0 Å². The summed E-state index contributed by atoms with van der Waals surface area (Å²) in [5.41, 5.74) is 6.42. The van der Waals surface area contributed by atoms with Gasteiger partial charge in [-0.15, -0.1) is 5.10 Å². The molecule has 0 aliphatic rings. The molecule has 0 aliphatic heterocycles. The predicted molar refractivity (Wildman–Crippen MR) is 178 cm³/mol. The number of nitrogens with one attached hydrogen (secondary N) is 1. The minimum absolute atomic E-state index is 0.286. The number of carbonyl (C=O) groups excluding carboxylic acids is 1. The average molecular weight is 601 g/mol. The van der Waals surface area contributed by atoms with Gasteiger partial charge in [0, 0.05) is 11.1 Å². The van der Waals surface area contributed by atoms with Crippen molar-refractivity contribution >= 4 is 12.0 Å². The first kappa shape index (κ1) is 31.4. The van der Waals surface area contributed by atoms with E-state index in [4.69, 9.17) is 9.47 Å². The quantitative estimate of drug-likeness (QED) is 0.0913. The van der Waals surface area contributed by atoms with E-state index in [1.165, 1.54) is 23.8 Å². The van der Waals surface area contributed by atoms with Gasteiger partial charge in [0.05, 0.1) is 19.3 Å². The molecule has 230 valence electrons. The normalized spacial score (nSPS) is 11.8. The summed E-state index contributed by atoms with van der Waals surface area (Å²) in [5.74, 6) is 1.54. The van der Waals surface area contributed by atoms with Crippen LogP contribution in [0.1, 0.15) is 58.3 Å². The topological polar surface area (TPSA) is 90.0 Å². The number of para-hydroxylation sites is 1. The molecule has 0 amide bonds. The van der Waals surface area contributed by atoms with Gasteiger partial charge in [-0.3, -0.25) is 0 Å². The predicted octanol–water partition coefficient (Wildman–Crippen LogP) is 7.95. The number of aromatic amines is 1. The van der Waals surface area contributed by atoms with Gasteiger partial charge in [-0.1, -0.05) is 97.1 Å². The third-order valence-electron chi connectivity index (χ3n) is 7.93. The first-order valence-corrected chi connectivity index (χ1v) is 15.6. The summed E-state index contributed by atoms with van der Waals surface area (Å²) in [6.45, 7) is 0.706. The highest BCUT2D eigenvalue weighted by atomic mass is 16.5. The van der Waals surface area contributed by atoms with Crippen LogP contribution in [-0.2, 0) is 24.0 Å². The molecule has 1 unspecified atom stereocenters. The van der Waals surface area contributed by atoms with Crippen molar-refractivity contribution in [1.29, 1.82) is 0 Å². The number of carbonyl (C=O) groups is 1. The zero-order valence-electron chi connectivity index (χ0n) is 25.8. The summed E-state index contributed by atoms with van der Waals surface area (Å²) in [6.07, 6.45) is 11.7. The Morgan fingerprint density at radius 3 is 2.29 bits per heavy atom. The van der Waals surface area contributed by atoms with E-state index in [9.17, 15) is 4.79 Å². The minimum Gasteiger partial charge on any atom is -0.493 e. The van der Waals surface area contributed by atoms with Gasteiger partial charge in [-0.05, 0) is 96.2 Å². The number of aryl methyl sites for hydroxylation is 2. The smallest absolute Gasteiger partial charge is 0.337 e. The first-order valence-electron chi connectivity index (χ1n) is 15.6. The molecule has 0 radical (unpaired) electrons. The summed E-state index contributed by atoms with van der Waals surface area (Å²) < 4.78 is 11.1. The number of hydrogen-bond acceptors (Lipinski definition) is 6. The monoisotopic (exact) mass is 600 g/mol. The van der Waals surface area contributed by atoms with E-state index in [1.54, 1.807) is 0 Å². The molecule has 5 rings (SSSR count). The number of unbranched alkanes of at least 4 members (excludes halogenated alkanes) is 2. The Hall–Kier alpha value is -5.04. The molecule has 1 N–H and O–H groups in total. The summed E-state index contributed by atoms with van der Waals surface area (Å²) in [4.78, 5) is 11.9. The Morgan fingerprint density at radius 2 is 1.53 bits per heavy atom. The molecular formula is C38H40N4O3. The molecule has 0 bridgehead atoms. The number of methoxy groups -OCH3 is 1. The molecule has 0 aliphatic carbocycles. The van der Waals surface area contributed by atoms with Crippen molar-refractivity contribution in [3.05, 3.63) is 137 Å². The van der Waals surface area contributed by atoms with Gasteiger partial charge >= 0.3 is 5.97 Å². The maximum absolute atomic E-state index is 11.9. The van der Waals surface area contributed by atoms with Crippen LogP contribution in [0.2, 0.25) is 0 Å². The molecule has 0 fully saturated rings. The molecule has 1 heterocycles. The van der Waals surface area contributed by atoms with E-state index in [-0.39, 0.29) is 11.9 Å². The second kappa shape index (κ2) is 16.7. The number of rotatable bonds is 16. The zero-order valence-corrected chi connectivity index (χ0v) is 25.8. The van der Waals surface area contributed by atoms with Crippen LogP contribution < -0.4 is 4.74 Å². The third kappa shape index (κ3) is 9.73. The lowest BCUT2D eigenvalue weighted by Gasteiger charge is -2.15. The second-order valence-corrected chi connectivity index (χ2v) is 11.2. The van der Waals surface area contributed by atoms with E-state index < -0.39 is 0 Å². The van der Waals surface area contributed by atoms with Crippen LogP contribution in [-0.4, -0.2) is 40.3 Å². The molecule has 7 heteroatoms. The van der Waals surface area contributed by atoms with Gasteiger partial charge in [0.25, 0.3) is 0 Å². The van der Waals surface area contributed by atoms with Gasteiger partial charge < -0.3 is 9.47 Å². The molecule has 0 saturated heterocycles. The van der Waals surface area contributed by atoms with Crippen molar-refractivity contribution in [1.82, 2.24) is 20.6 Å². The largest absolute Gasteiger partial charge is 0.493 e. The van der Waals surface area contributed by atoms with Crippen molar-refractivity contribution in [3.8, 4) is 17.1 Å². The molecule has 4 aromatic carbocycles. The molecule has 45 heavy (non-hydrogen) atoms. The lowest BCUT2D eigenvalue weighted by atomic mass is 9.91. The average Bonchev–Trinajstić information content (AvgIpc) is 3.64. The number of tetrazole rings is 1. The Morgan fingerprint density at radius 1 is 0.800 bits per heavy atom. The van der Waals surface area contributed by atoms with Crippen LogP contribution >= 0.6 is 0 Å². The second-order valence-electron chi connectivity index (χ2n) is 11.2. The van der Waals surface area contributed by atoms with E-state index in [0.717, 1.165) is 61.8 Å². The number of nitrogens with zero attached hydrogens (tertiary/aromatic N) is 3. The van der Waals surface area contributed by atoms with Gasteiger partial charge in [-0.25, -0.2) is 9.89 Å². The Bertz CT molecular complexity index is 1620. The van der Waals surface area contributed by atoms with Crippen molar-refractivity contribution in [2.75, 3.05) is 13.7 Å². The van der Waals surface area contributed by atoms with Crippen molar-refractivity contribution in [2.24, 2.45) is 5.92 Å². The summed E-state index contributed by atoms with van der Waals surface area (Å²) in [5, 5.41) is 14.2. The van der Waals surface area contributed by atoms with Crippen molar-refractivity contribution in [3.63, 3.8) is 0 Å². The van der Waals surface area contributed by atoms with Crippen LogP contribution in [0, 0.1) is 5.92 Å². The van der Waals surface area contributed by atoms with Crippen molar-refractivity contribution < 1.29 is 14.3 Å². The Kier molecular flexibility index (Phi) is 11.7. The van der Waals surface area contributed by atoms with Crippen LogP contribution in [0.25, 0.3) is 17.5 Å². The maximum Gasteiger partial charge on any atom is 0.337 e. The maximum atomic E-state index is 11.9. The number of hydrogen-bond donors (Lipinski definition) is 1. The van der Waals surface area contributed by atoms with E-state index in [2.05, 4.69) is 93.4 Å². The molecule has 1 aromatic heterocycles. The zero-order chi connectivity index (χ0) is 31.1. The van der Waals surface area contributed by atoms with Crippen LogP contribution in [0.3, 0.4) is 0 Å². The first-order chi connectivity index (χ1) is 22.2.